The Labute approximate surface area is 192 Å². The molecule has 6 heteroatoms. The number of aromatic nitrogens is 1. The molecule has 0 aliphatic rings. The second-order valence-corrected chi connectivity index (χ2v) is 7.79. The van der Waals surface area contributed by atoms with Gasteiger partial charge in [0.1, 0.15) is 17.2 Å². The van der Waals surface area contributed by atoms with Crippen molar-refractivity contribution in [3.63, 3.8) is 0 Å². The van der Waals surface area contributed by atoms with Crippen molar-refractivity contribution in [2.24, 2.45) is 0 Å². The second kappa shape index (κ2) is 11.2. The summed E-state index contributed by atoms with van der Waals surface area (Å²) in [6, 6.07) is 22.8. The highest BCUT2D eigenvalue weighted by Gasteiger charge is 2.07. The summed E-state index contributed by atoms with van der Waals surface area (Å²) in [6.45, 7) is 3.03. The van der Waals surface area contributed by atoms with E-state index in [0.717, 1.165) is 48.5 Å². The van der Waals surface area contributed by atoms with Gasteiger partial charge < -0.3 is 18.6 Å². The Morgan fingerprint density at radius 1 is 0.758 bits per heavy atom. The lowest BCUT2D eigenvalue weighted by Crippen LogP contribution is -2.06. The SMILES string of the molecule is Cc1ccc2nc(OCCCCCCOc3ccc(Oc4ccccc4)cc3)oc(=O)c2c1. The summed E-state index contributed by atoms with van der Waals surface area (Å²) in [5.41, 5.74) is 1.16. The van der Waals surface area contributed by atoms with Crippen molar-refractivity contribution < 1.29 is 18.6 Å². The summed E-state index contributed by atoms with van der Waals surface area (Å²) in [4.78, 5) is 16.3. The summed E-state index contributed by atoms with van der Waals surface area (Å²) in [5.74, 6) is 2.41. The Hall–Kier alpha value is -3.80. The van der Waals surface area contributed by atoms with Crippen molar-refractivity contribution >= 4 is 10.9 Å². The lowest BCUT2D eigenvalue weighted by Gasteiger charge is -2.08. The molecule has 0 fully saturated rings. The first-order valence-electron chi connectivity index (χ1n) is 11.2. The normalized spacial score (nSPS) is 10.8. The van der Waals surface area contributed by atoms with Crippen LogP contribution in [0.5, 0.6) is 23.3 Å². The predicted molar refractivity (Wildman–Crippen MR) is 127 cm³/mol. The molecular formula is C27H27NO5. The molecule has 1 heterocycles. The van der Waals surface area contributed by atoms with Crippen LogP contribution in [0.2, 0.25) is 0 Å². The summed E-state index contributed by atoms with van der Waals surface area (Å²) in [6.07, 6.45) is 3.84. The molecule has 3 aromatic carbocycles. The topological polar surface area (TPSA) is 70.8 Å². The fourth-order valence-electron chi connectivity index (χ4n) is 3.36. The zero-order valence-electron chi connectivity index (χ0n) is 18.7. The maximum absolute atomic E-state index is 12.1. The predicted octanol–water partition coefficient (Wildman–Crippen LogP) is 6.31. The molecule has 0 aliphatic carbocycles. The third kappa shape index (κ3) is 6.59. The summed E-state index contributed by atoms with van der Waals surface area (Å²) in [5, 5.41) is 0.473. The highest BCUT2D eigenvalue weighted by Crippen LogP contribution is 2.23. The van der Waals surface area contributed by atoms with Crippen LogP contribution in [0.25, 0.3) is 10.9 Å². The van der Waals surface area contributed by atoms with Gasteiger partial charge in [-0.25, -0.2) is 4.79 Å². The number of aryl methyl sites for hydroxylation is 1. The van der Waals surface area contributed by atoms with Crippen LogP contribution >= 0.6 is 0 Å². The van der Waals surface area contributed by atoms with Crippen LogP contribution in [0, 0.1) is 6.92 Å². The first-order chi connectivity index (χ1) is 16.2. The van der Waals surface area contributed by atoms with Gasteiger partial charge in [0.25, 0.3) is 0 Å². The van der Waals surface area contributed by atoms with Gasteiger partial charge >= 0.3 is 11.7 Å². The first kappa shape index (κ1) is 22.4. The van der Waals surface area contributed by atoms with E-state index in [9.17, 15) is 4.79 Å². The van der Waals surface area contributed by atoms with E-state index in [1.165, 1.54) is 0 Å². The van der Waals surface area contributed by atoms with Crippen LogP contribution in [-0.2, 0) is 0 Å². The second-order valence-electron chi connectivity index (χ2n) is 7.79. The lowest BCUT2D eigenvalue weighted by molar-refractivity contribution is 0.210. The number of hydrogen-bond acceptors (Lipinski definition) is 6. The Balaban J connectivity index is 1.11. The molecular weight excluding hydrogens is 418 g/mol. The van der Waals surface area contributed by atoms with Gasteiger partial charge in [0.2, 0.25) is 0 Å². The molecule has 4 aromatic rings. The zero-order valence-corrected chi connectivity index (χ0v) is 18.7. The van der Waals surface area contributed by atoms with Gasteiger partial charge in [0, 0.05) is 0 Å². The molecule has 4 rings (SSSR count). The monoisotopic (exact) mass is 445 g/mol. The third-order valence-electron chi connectivity index (χ3n) is 5.10. The van der Waals surface area contributed by atoms with E-state index in [1.54, 1.807) is 12.1 Å². The van der Waals surface area contributed by atoms with E-state index < -0.39 is 5.63 Å². The maximum atomic E-state index is 12.1. The number of fused-ring (bicyclic) bond motifs is 1. The van der Waals surface area contributed by atoms with Crippen molar-refractivity contribution in [1.82, 2.24) is 4.98 Å². The van der Waals surface area contributed by atoms with Crippen LogP contribution in [-0.4, -0.2) is 18.2 Å². The molecule has 0 aliphatic heterocycles. The molecule has 0 saturated carbocycles. The van der Waals surface area contributed by atoms with Crippen LogP contribution in [0.4, 0.5) is 0 Å². The van der Waals surface area contributed by atoms with Gasteiger partial charge in [0.15, 0.2) is 0 Å². The average Bonchev–Trinajstić information content (AvgIpc) is 2.83. The van der Waals surface area contributed by atoms with Crippen LogP contribution in [0.1, 0.15) is 31.2 Å². The molecule has 0 N–H and O–H groups in total. The van der Waals surface area contributed by atoms with Gasteiger partial charge in [-0.1, -0.05) is 29.8 Å². The smallest absolute Gasteiger partial charge is 0.397 e. The molecule has 1 aromatic heterocycles. The van der Waals surface area contributed by atoms with E-state index >= 15 is 0 Å². The molecule has 0 unspecified atom stereocenters. The first-order valence-corrected chi connectivity index (χ1v) is 11.2. The van der Waals surface area contributed by atoms with E-state index in [1.807, 2.05) is 67.6 Å². The number of hydrogen-bond donors (Lipinski definition) is 0. The molecule has 0 radical (unpaired) electrons. The molecule has 0 amide bonds. The highest BCUT2D eigenvalue weighted by molar-refractivity contribution is 5.77. The fourth-order valence-corrected chi connectivity index (χ4v) is 3.36. The Kier molecular flexibility index (Phi) is 7.59. The van der Waals surface area contributed by atoms with Gasteiger partial charge in [0.05, 0.1) is 24.1 Å². The Morgan fingerprint density at radius 2 is 1.42 bits per heavy atom. The minimum absolute atomic E-state index is 0.0272. The van der Waals surface area contributed by atoms with E-state index in [4.69, 9.17) is 18.6 Å². The van der Waals surface area contributed by atoms with Crippen molar-refractivity contribution in [3.8, 4) is 23.3 Å². The molecule has 0 saturated heterocycles. The number of para-hydroxylation sites is 1. The maximum Gasteiger partial charge on any atom is 0.397 e. The molecule has 0 atom stereocenters. The van der Waals surface area contributed by atoms with Gasteiger partial charge in [-0.05, 0) is 81.1 Å². The zero-order chi connectivity index (χ0) is 22.9. The number of benzene rings is 3. The van der Waals surface area contributed by atoms with Crippen LogP contribution < -0.4 is 19.8 Å². The van der Waals surface area contributed by atoms with Crippen LogP contribution in [0.3, 0.4) is 0 Å². The van der Waals surface area contributed by atoms with Crippen molar-refractivity contribution in [2.45, 2.75) is 32.6 Å². The molecule has 6 nitrogen and oxygen atoms in total. The molecule has 0 spiro atoms. The van der Waals surface area contributed by atoms with Crippen molar-refractivity contribution in [1.29, 1.82) is 0 Å². The summed E-state index contributed by atoms with van der Waals surface area (Å²) < 4.78 is 22.3. The lowest BCUT2D eigenvalue weighted by atomic mass is 10.2. The number of unbranched alkanes of at least 4 members (excludes halogenated alkanes) is 3. The van der Waals surface area contributed by atoms with Gasteiger partial charge in [-0.15, -0.1) is 0 Å². The Bertz CT molecular complexity index is 1220. The largest absolute Gasteiger partial charge is 0.494 e. The third-order valence-corrected chi connectivity index (χ3v) is 5.10. The van der Waals surface area contributed by atoms with Crippen molar-refractivity contribution in [3.05, 3.63) is 88.8 Å². The standard InChI is InChI=1S/C27H27NO5/c1-20-11-16-25-24(19-20)26(29)33-27(28-25)31-18-8-3-2-7-17-30-21-12-14-23(15-13-21)32-22-9-5-4-6-10-22/h4-6,9-16,19H,2-3,7-8,17-18H2,1H3. The minimum atomic E-state index is -0.421. The molecule has 33 heavy (non-hydrogen) atoms. The fraction of sp³-hybridized carbons (Fsp3) is 0.259. The summed E-state index contributed by atoms with van der Waals surface area (Å²) in [7, 11) is 0. The average molecular weight is 446 g/mol. The van der Waals surface area contributed by atoms with Crippen molar-refractivity contribution in [2.75, 3.05) is 13.2 Å². The van der Waals surface area contributed by atoms with Gasteiger partial charge in [-0.3, -0.25) is 0 Å². The van der Waals surface area contributed by atoms with Gasteiger partial charge in [-0.2, -0.15) is 4.98 Å². The van der Waals surface area contributed by atoms with E-state index in [0.29, 0.717) is 24.1 Å². The number of rotatable bonds is 11. The molecule has 0 bridgehead atoms. The number of nitrogens with zero attached hydrogens (tertiary/aromatic N) is 1. The van der Waals surface area contributed by atoms with Crippen LogP contribution in [0.15, 0.2) is 82.0 Å². The van der Waals surface area contributed by atoms with E-state index in [2.05, 4.69) is 4.98 Å². The number of ether oxygens (including phenoxy) is 3. The highest BCUT2D eigenvalue weighted by atomic mass is 16.6. The quantitative estimate of drug-likeness (QED) is 0.252. The summed E-state index contributed by atoms with van der Waals surface area (Å²) >= 11 is 0. The van der Waals surface area contributed by atoms with E-state index in [-0.39, 0.29) is 6.08 Å². The Morgan fingerprint density at radius 3 is 2.18 bits per heavy atom. The minimum Gasteiger partial charge on any atom is -0.494 e. The molecule has 170 valence electrons.